The Morgan fingerprint density at radius 2 is 1.75 bits per heavy atom. The fourth-order valence-electron chi connectivity index (χ4n) is 2.09. The van der Waals surface area contributed by atoms with E-state index in [0.29, 0.717) is 6.07 Å². The van der Waals surface area contributed by atoms with Crippen LogP contribution in [0.2, 0.25) is 0 Å². The van der Waals surface area contributed by atoms with Gasteiger partial charge >= 0.3 is 11.9 Å². The van der Waals surface area contributed by atoms with Gasteiger partial charge in [-0.3, -0.25) is 9.59 Å². The second kappa shape index (κ2) is 8.95. The second-order valence-electron chi connectivity index (χ2n) is 5.22. The van der Waals surface area contributed by atoms with Crippen molar-refractivity contribution in [3.8, 4) is 0 Å². The molecule has 0 unspecified atom stereocenters. The highest BCUT2D eigenvalue weighted by Crippen LogP contribution is 2.12. The Morgan fingerprint density at radius 1 is 1.12 bits per heavy atom. The minimum atomic E-state index is -1.08. The van der Waals surface area contributed by atoms with Gasteiger partial charge in [0.15, 0.2) is 0 Å². The van der Waals surface area contributed by atoms with Crippen molar-refractivity contribution in [3.05, 3.63) is 35.4 Å². The molecule has 1 aromatic carbocycles. The van der Waals surface area contributed by atoms with Gasteiger partial charge in [-0.25, -0.2) is 13.6 Å². The number of rotatable bonds is 7. The lowest BCUT2D eigenvalue weighted by Gasteiger charge is -2.19. The molecule has 6 nitrogen and oxygen atoms in total. The number of hydrogen-bond acceptors (Lipinski definition) is 5. The van der Waals surface area contributed by atoms with Gasteiger partial charge in [-0.2, -0.15) is 0 Å². The quantitative estimate of drug-likeness (QED) is 0.756. The number of methoxy groups -OCH3 is 2. The largest absolute Gasteiger partial charge is 0.469 e. The van der Waals surface area contributed by atoms with Gasteiger partial charge in [0.05, 0.1) is 26.6 Å². The first-order valence-electron chi connectivity index (χ1n) is 7.17. The van der Waals surface area contributed by atoms with Crippen LogP contribution in [-0.4, -0.2) is 38.1 Å². The zero-order chi connectivity index (χ0) is 18.3. The molecular formula is C16H19F2NO5. The summed E-state index contributed by atoms with van der Waals surface area (Å²) >= 11 is 0. The maximum atomic E-state index is 13.6. The lowest BCUT2D eigenvalue weighted by molar-refractivity contribution is -0.148. The van der Waals surface area contributed by atoms with Crippen LogP contribution in [0.1, 0.15) is 18.9 Å². The van der Waals surface area contributed by atoms with Crippen LogP contribution in [0.5, 0.6) is 0 Å². The smallest absolute Gasteiger partial charge is 0.328 e. The Kier molecular flexibility index (Phi) is 7.29. The summed E-state index contributed by atoms with van der Waals surface area (Å²) in [7, 11) is 2.35. The van der Waals surface area contributed by atoms with Gasteiger partial charge in [0, 0.05) is 6.07 Å². The number of carbonyl (C=O) groups excluding carboxylic acids is 3. The van der Waals surface area contributed by atoms with E-state index in [0.717, 1.165) is 19.2 Å². The number of halogens is 2. The summed E-state index contributed by atoms with van der Waals surface area (Å²) in [5, 5.41) is 2.39. The van der Waals surface area contributed by atoms with Crippen LogP contribution in [-0.2, 0) is 30.3 Å². The molecule has 1 aromatic rings. The molecule has 24 heavy (non-hydrogen) atoms. The SMILES string of the molecule is COC(=O)[C@H](C[C@H](C)C(=O)OC)NC(=O)Cc1ccc(F)cc1F. The third-order valence-corrected chi connectivity index (χ3v) is 3.38. The van der Waals surface area contributed by atoms with E-state index < -0.39 is 41.4 Å². The highest BCUT2D eigenvalue weighted by atomic mass is 19.1. The molecule has 8 heteroatoms. The van der Waals surface area contributed by atoms with Crippen LogP contribution in [0, 0.1) is 17.6 Å². The van der Waals surface area contributed by atoms with Crippen molar-refractivity contribution < 1.29 is 32.6 Å². The number of nitrogens with one attached hydrogen (secondary N) is 1. The van der Waals surface area contributed by atoms with Crippen LogP contribution in [0.25, 0.3) is 0 Å². The molecule has 0 aliphatic heterocycles. The number of ether oxygens (including phenoxy) is 2. The fraction of sp³-hybridized carbons (Fsp3) is 0.438. The minimum absolute atomic E-state index is 0.0152. The van der Waals surface area contributed by atoms with E-state index in [2.05, 4.69) is 14.8 Å². The van der Waals surface area contributed by atoms with Crippen molar-refractivity contribution in [2.24, 2.45) is 5.92 Å². The van der Waals surface area contributed by atoms with E-state index in [9.17, 15) is 23.2 Å². The number of hydrogen-bond donors (Lipinski definition) is 1. The lowest BCUT2D eigenvalue weighted by atomic mass is 10.0. The predicted molar refractivity (Wildman–Crippen MR) is 79.8 cm³/mol. The van der Waals surface area contributed by atoms with Gasteiger partial charge in [0.25, 0.3) is 0 Å². The highest BCUT2D eigenvalue weighted by Gasteiger charge is 2.27. The first-order chi connectivity index (χ1) is 11.3. The summed E-state index contributed by atoms with van der Waals surface area (Å²) < 4.78 is 35.6. The predicted octanol–water partition coefficient (Wildman–Crippen LogP) is 1.36. The van der Waals surface area contributed by atoms with Crippen molar-refractivity contribution in [2.45, 2.75) is 25.8 Å². The number of carbonyl (C=O) groups is 3. The second-order valence-corrected chi connectivity index (χ2v) is 5.22. The molecule has 0 bridgehead atoms. The average Bonchev–Trinajstić information content (AvgIpc) is 2.55. The van der Waals surface area contributed by atoms with Crippen molar-refractivity contribution >= 4 is 17.8 Å². The minimum Gasteiger partial charge on any atom is -0.469 e. The number of benzene rings is 1. The van der Waals surface area contributed by atoms with E-state index in [1.165, 1.54) is 14.0 Å². The third kappa shape index (κ3) is 5.60. The monoisotopic (exact) mass is 343 g/mol. The maximum absolute atomic E-state index is 13.6. The third-order valence-electron chi connectivity index (χ3n) is 3.38. The van der Waals surface area contributed by atoms with Crippen molar-refractivity contribution in [1.82, 2.24) is 5.32 Å². The highest BCUT2D eigenvalue weighted by molar-refractivity contribution is 5.86. The summed E-state index contributed by atoms with van der Waals surface area (Å²) in [5.74, 6) is -4.20. The summed E-state index contributed by atoms with van der Waals surface area (Å²) in [6, 6.07) is 1.76. The van der Waals surface area contributed by atoms with Gasteiger partial charge in [0.2, 0.25) is 5.91 Å². The summed E-state index contributed by atoms with van der Waals surface area (Å²) in [6.45, 7) is 1.54. The lowest BCUT2D eigenvalue weighted by Crippen LogP contribution is -2.44. The maximum Gasteiger partial charge on any atom is 0.328 e. The van der Waals surface area contributed by atoms with Gasteiger partial charge in [-0.05, 0) is 18.1 Å². The van der Waals surface area contributed by atoms with Gasteiger partial charge in [-0.15, -0.1) is 0 Å². The van der Waals surface area contributed by atoms with E-state index in [4.69, 9.17) is 0 Å². The van der Waals surface area contributed by atoms with Crippen LogP contribution in [0.15, 0.2) is 18.2 Å². The molecule has 0 aromatic heterocycles. The standard InChI is InChI=1S/C16H19F2NO5/c1-9(15(21)23-2)6-13(16(22)24-3)19-14(20)7-10-4-5-11(17)8-12(10)18/h4-5,8-9,13H,6-7H2,1-3H3,(H,19,20)/t9-,13-/m0/s1. The first kappa shape index (κ1) is 19.5. The summed E-state index contributed by atoms with van der Waals surface area (Å²) in [6.07, 6.45) is -0.413. The molecule has 0 aliphatic carbocycles. The molecule has 0 heterocycles. The molecular weight excluding hydrogens is 324 g/mol. The zero-order valence-electron chi connectivity index (χ0n) is 13.6. The Labute approximate surface area is 138 Å². The fourth-order valence-corrected chi connectivity index (χ4v) is 2.09. The van der Waals surface area contributed by atoms with Gasteiger partial charge < -0.3 is 14.8 Å². The van der Waals surface area contributed by atoms with Crippen LogP contribution >= 0.6 is 0 Å². The molecule has 132 valence electrons. The normalized spacial score (nSPS) is 12.9. The molecule has 0 radical (unpaired) electrons. The van der Waals surface area contributed by atoms with E-state index in [1.807, 2.05) is 0 Å². The Balaban J connectivity index is 2.76. The van der Waals surface area contributed by atoms with Crippen molar-refractivity contribution in [2.75, 3.05) is 14.2 Å². The Hall–Kier alpha value is -2.51. The molecule has 2 atom stereocenters. The van der Waals surface area contributed by atoms with Crippen LogP contribution in [0.4, 0.5) is 8.78 Å². The van der Waals surface area contributed by atoms with Crippen molar-refractivity contribution in [1.29, 1.82) is 0 Å². The Morgan fingerprint density at radius 3 is 2.29 bits per heavy atom. The Bertz CT molecular complexity index is 620. The molecule has 1 rings (SSSR count). The zero-order valence-corrected chi connectivity index (χ0v) is 13.6. The molecule has 0 saturated heterocycles. The number of esters is 2. The van der Waals surface area contributed by atoms with Gasteiger partial charge in [-0.1, -0.05) is 13.0 Å². The van der Waals surface area contributed by atoms with E-state index in [-0.39, 0.29) is 18.4 Å². The molecule has 0 fully saturated rings. The van der Waals surface area contributed by atoms with Crippen LogP contribution in [0.3, 0.4) is 0 Å². The molecule has 1 amide bonds. The number of amides is 1. The summed E-state index contributed by atoms with van der Waals surface area (Å²) in [5.41, 5.74) is -0.0152. The molecule has 0 aliphatic rings. The summed E-state index contributed by atoms with van der Waals surface area (Å²) in [4.78, 5) is 35.2. The molecule has 0 saturated carbocycles. The van der Waals surface area contributed by atoms with E-state index >= 15 is 0 Å². The average molecular weight is 343 g/mol. The first-order valence-corrected chi connectivity index (χ1v) is 7.17. The molecule has 1 N–H and O–H groups in total. The van der Waals surface area contributed by atoms with Crippen LogP contribution < -0.4 is 5.32 Å². The van der Waals surface area contributed by atoms with E-state index in [1.54, 1.807) is 0 Å². The van der Waals surface area contributed by atoms with Gasteiger partial charge in [0.1, 0.15) is 17.7 Å². The van der Waals surface area contributed by atoms with Crippen molar-refractivity contribution in [3.63, 3.8) is 0 Å². The topological polar surface area (TPSA) is 81.7 Å². The molecule has 0 spiro atoms.